The van der Waals surface area contributed by atoms with Crippen LogP contribution in [0.1, 0.15) is 24.1 Å². The van der Waals surface area contributed by atoms with Gasteiger partial charge in [-0.25, -0.2) is 13.4 Å². The lowest BCUT2D eigenvalue weighted by atomic mass is 10.0. The Kier molecular flexibility index (Phi) is 5.98. The minimum absolute atomic E-state index is 0.0472. The predicted molar refractivity (Wildman–Crippen MR) is 104 cm³/mol. The molecule has 1 N–H and O–H groups in total. The Hall–Kier alpha value is -2.16. The number of nitrogens with zero attached hydrogens (tertiary/aromatic N) is 2. The third-order valence-corrected chi connectivity index (χ3v) is 6.44. The van der Waals surface area contributed by atoms with Crippen molar-refractivity contribution in [1.29, 1.82) is 0 Å². The first kappa shape index (κ1) is 19.6. The van der Waals surface area contributed by atoms with E-state index in [1.807, 2.05) is 26.0 Å². The summed E-state index contributed by atoms with van der Waals surface area (Å²) < 4.78 is 37.4. The summed E-state index contributed by atoms with van der Waals surface area (Å²) in [5, 5.41) is 3.30. The first-order valence-corrected chi connectivity index (χ1v) is 10.3. The number of ether oxygens (including phenoxy) is 2. The topological polar surface area (TPSA) is 80.8 Å². The molecule has 7 nitrogen and oxygen atoms in total. The summed E-state index contributed by atoms with van der Waals surface area (Å²) in [7, 11) is -1.89. The van der Waals surface area contributed by atoms with Crippen molar-refractivity contribution in [2.24, 2.45) is 0 Å². The largest absolute Gasteiger partial charge is 0.496 e. The van der Waals surface area contributed by atoms with Gasteiger partial charge in [-0.05, 0) is 32.0 Å². The average Bonchev–Trinajstić information content (AvgIpc) is 2.69. The van der Waals surface area contributed by atoms with Gasteiger partial charge in [0.15, 0.2) is 0 Å². The van der Waals surface area contributed by atoms with Gasteiger partial charge in [0.25, 0.3) is 0 Å². The number of hydrogen-bond donors (Lipinski definition) is 1. The fraction of sp³-hybridized carbons (Fsp3) is 0.421. The maximum atomic E-state index is 12.7. The van der Waals surface area contributed by atoms with Crippen molar-refractivity contribution in [3.63, 3.8) is 0 Å². The van der Waals surface area contributed by atoms with Gasteiger partial charge < -0.3 is 14.8 Å². The molecule has 1 aromatic carbocycles. The molecule has 146 valence electrons. The predicted octanol–water partition coefficient (Wildman–Crippen LogP) is 2.59. The molecule has 0 unspecified atom stereocenters. The van der Waals surface area contributed by atoms with E-state index in [0.29, 0.717) is 32.1 Å². The van der Waals surface area contributed by atoms with Crippen LogP contribution in [-0.4, -0.2) is 51.1 Å². The lowest BCUT2D eigenvalue weighted by Gasteiger charge is -2.26. The number of nitrogens with one attached hydrogen (secondary N) is 1. The van der Waals surface area contributed by atoms with Crippen LogP contribution in [0.15, 0.2) is 41.4 Å². The van der Waals surface area contributed by atoms with Crippen molar-refractivity contribution in [2.75, 3.05) is 38.7 Å². The molecule has 1 fully saturated rings. The number of aromatic nitrogens is 1. The second-order valence-electron chi connectivity index (χ2n) is 6.51. The number of sulfonamides is 1. The Morgan fingerprint density at radius 1 is 1.22 bits per heavy atom. The van der Waals surface area contributed by atoms with Gasteiger partial charge in [0, 0.05) is 24.8 Å². The number of morpholine rings is 1. The molecular formula is C19H25N3O4S. The van der Waals surface area contributed by atoms with Crippen molar-refractivity contribution in [3.05, 3.63) is 47.7 Å². The first-order chi connectivity index (χ1) is 12.9. The van der Waals surface area contributed by atoms with E-state index in [-0.39, 0.29) is 10.9 Å². The summed E-state index contributed by atoms with van der Waals surface area (Å²) in [6.07, 6.45) is 1.40. The van der Waals surface area contributed by atoms with Crippen LogP contribution in [0.25, 0.3) is 0 Å². The van der Waals surface area contributed by atoms with E-state index < -0.39 is 10.0 Å². The molecule has 8 heteroatoms. The van der Waals surface area contributed by atoms with Gasteiger partial charge in [-0.15, -0.1) is 0 Å². The standard InChI is InChI=1S/C19H25N3O4S/c1-14-4-6-18(25-3)17(12-14)15(2)21-19-7-5-16(13-20-19)27(23,24)22-8-10-26-11-9-22/h4-7,12-13,15H,8-11H2,1-3H3,(H,20,21)/t15-/m0/s1. The monoisotopic (exact) mass is 391 g/mol. The first-order valence-electron chi connectivity index (χ1n) is 8.87. The normalized spacial score (nSPS) is 16.7. The molecule has 0 saturated carbocycles. The number of anilines is 1. The third kappa shape index (κ3) is 4.40. The second kappa shape index (κ2) is 8.24. The van der Waals surface area contributed by atoms with Crippen LogP contribution >= 0.6 is 0 Å². The minimum Gasteiger partial charge on any atom is -0.496 e. The molecule has 27 heavy (non-hydrogen) atoms. The Morgan fingerprint density at radius 2 is 1.96 bits per heavy atom. The Balaban J connectivity index is 1.75. The van der Waals surface area contributed by atoms with Gasteiger partial charge in [0.2, 0.25) is 10.0 Å². The van der Waals surface area contributed by atoms with Crippen LogP contribution in [0.2, 0.25) is 0 Å². The van der Waals surface area contributed by atoms with Gasteiger partial charge >= 0.3 is 0 Å². The van der Waals surface area contributed by atoms with Crippen LogP contribution in [0, 0.1) is 6.92 Å². The van der Waals surface area contributed by atoms with Crippen LogP contribution in [0.3, 0.4) is 0 Å². The molecule has 2 aromatic rings. The molecule has 0 bridgehead atoms. The molecule has 1 atom stereocenters. The van der Waals surface area contributed by atoms with Gasteiger partial charge in [-0.1, -0.05) is 17.7 Å². The lowest BCUT2D eigenvalue weighted by molar-refractivity contribution is 0.0730. The van der Waals surface area contributed by atoms with Crippen LogP contribution < -0.4 is 10.1 Å². The summed E-state index contributed by atoms with van der Waals surface area (Å²) in [6.45, 7) is 5.61. The quantitative estimate of drug-likeness (QED) is 0.815. The SMILES string of the molecule is COc1ccc(C)cc1[C@H](C)Nc1ccc(S(=O)(=O)N2CCOCC2)cn1. The van der Waals surface area contributed by atoms with E-state index in [4.69, 9.17) is 9.47 Å². The van der Waals surface area contributed by atoms with E-state index >= 15 is 0 Å². The molecule has 0 aliphatic carbocycles. The molecule has 2 heterocycles. The summed E-state index contributed by atoms with van der Waals surface area (Å²) in [5.74, 6) is 1.40. The maximum absolute atomic E-state index is 12.7. The third-order valence-electron chi connectivity index (χ3n) is 4.56. The van der Waals surface area contributed by atoms with Crippen molar-refractivity contribution in [1.82, 2.24) is 9.29 Å². The molecule has 1 saturated heterocycles. The lowest BCUT2D eigenvalue weighted by Crippen LogP contribution is -2.40. The zero-order valence-electron chi connectivity index (χ0n) is 15.8. The van der Waals surface area contributed by atoms with E-state index in [1.165, 1.54) is 10.5 Å². The van der Waals surface area contributed by atoms with Gasteiger partial charge in [-0.3, -0.25) is 0 Å². The molecule has 1 aromatic heterocycles. The highest BCUT2D eigenvalue weighted by molar-refractivity contribution is 7.89. The number of aryl methyl sites for hydroxylation is 1. The van der Waals surface area contributed by atoms with Crippen molar-refractivity contribution >= 4 is 15.8 Å². The highest BCUT2D eigenvalue weighted by Crippen LogP contribution is 2.28. The van der Waals surface area contributed by atoms with Crippen molar-refractivity contribution in [2.45, 2.75) is 24.8 Å². The maximum Gasteiger partial charge on any atom is 0.244 e. The Labute approximate surface area is 160 Å². The summed E-state index contributed by atoms with van der Waals surface area (Å²) >= 11 is 0. The van der Waals surface area contributed by atoms with Gasteiger partial charge in [-0.2, -0.15) is 4.31 Å². The van der Waals surface area contributed by atoms with E-state index in [0.717, 1.165) is 16.9 Å². The smallest absolute Gasteiger partial charge is 0.244 e. The summed E-state index contributed by atoms with van der Waals surface area (Å²) in [5.41, 5.74) is 2.16. The Morgan fingerprint density at radius 3 is 2.59 bits per heavy atom. The zero-order chi connectivity index (χ0) is 19.4. The molecule has 0 spiro atoms. The number of methoxy groups -OCH3 is 1. The van der Waals surface area contributed by atoms with Crippen molar-refractivity contribution < 1.29 is 17.9 Å². The van der Waals surface area contributed by atoms with Gasteiger partial charge in [0.1, 0.15) is 16.5 Å². The minimum atomic E-state index is -3.53. The molecule has 1 aliphatic rings. The van der Waals surface area contributed by atoms with Crippen LogP contribution in [0.5, 0.6) is 5.75 Å². The Bertz CT molecular complexity index is 878. The van der Waals surface area contributed by atoms with E-state index in [9.17, 15) is 8.42 Å². The summed E-state index contributed by atoms with van der Waals surface area (Å²) in [4.78, 5) is 4.48. The average molecular weight is 391 g/mol. The second-order valence-corrected chi connectivity index (χ2v) is 8.44. The van der Waals surface area contributed by atoms with Crippen LogP contribution in [-0.2, 0) is 14.8 Å². The highest BCUT2D eigenvalue weighted by Gasteiger charge is 2.26. The highest BCUT2D eigenvalue weighted by atomic mass is 32.2. The molecule has 0 amide bonds. The van der Waals surface area contributed by atoms with Crippen LogP contribution in [0.4, 0.5) is 5.82 Å². The van der Waals surface area contributed by atoms with Crippen molar-refractivity contribution in [3.8, 4) is 5.75 Å². The molecule has 3 rings (SSSR count). The van der Waals surface area contributed by atoms with Gasteiger partial charge in [0.05, 0.1) is 26.4 Å². The number of benzene rings is 1. The number of pyridine rings is 1. The van der Waals surface area contributed by atoms with E-state index in [2.05, 4.69) is 16.4 Å². The number of rotatable bonds is 6. The molecular weight excluding hydrogens is 366 g/mol. The zero-order valence-corrected chi connectivity index (χ0v) is 16.6. The summed E-state index contributed by atoms with van der Waals surface area (Å²) in [6, 6.07) is 9.22. The fourth-order valence-electron chi connectivity index (χ4n) is 3.05. The number of hydrogen-bond acceptors (Lipinski definition) is 6. The van der Waals surface area contributed by atoms with E-state index in [1.54, 1.807) is 19.2 Å². The fourth-order valence-corrected chi connectivity index (χ4v) is 4.40. The molecule has 1 aliphatic heterocycles. The molecule has 0 radical (unpaired) electrons.